The van der Waals surface area contributed by atoms with E-state index in [4.69, 9.17) is 11.6 Å². The molecule has 1 saturated heterocycles. The zero-order chi connectivity index (χ0) is 16.2. The third-order valence-corrected chi connectivity index (χ3v) is 4.93. The van der Waals surface area contributed by atoms with E-state index in [1.807, 2.05) is 12.1 Å². The van der Waals surface area contributed by atoms with Crippen LogP contribution in [0.3, 0.4) is 0 Å². The van der Waals surface area contributed by atoms with Crippen LogP contribution in [0, 0.1) is 13.8 Å². The lowest BCUT2D eigenvalue weighted by atomic mass is 10.1. The van der Waals surface area contributed by atoms with Crippen LogP contribution < -0.4 is 0 Å². The van der Waals surface area contributed by atoms with E-state index in [1.165, 1.54) is 22.3 Å². The quantitative estimate of drug-likeness (QED) is 0.826. The molecule has 0 unspecified atom stereocenters. The van der Waals surface area contributed by atoms with E-state index in [0.29, 0.717) is 0 Å². The molecule has 0 aliphatic carbocycles. The highest BCUT2D eigenvalue weighted by atomic mass is 35.5. The highest BCUT2D eigenvalue weighted by Gasteiger charge is 2.17. The lowest BCUT2D eigenvalue weighted by Gasteiger charge is -2.35. The minimum Gasteiger partial charge on any atom is -0.297 e. The zero-order valence-electron chi connectivity index (χ0n) is 14.1. The maximum absolute atomic E-state index is 5.95. The smallest absolute Gasteiger partial charge is 0.0406 e. The second-order valence-corrected chi connectivity index (χ2v) is 7.05. The summed E-state index contributed by atoms with van der Waals surface area (Å²) in [6, 6.07) is 15.0. The summed E-state index contributed by atoms with van der Waals surface area (Å²) in [5.74, 6) is 0. The van der Waals surface area contributed by atoms with Gasteiger partial charge in [0.05, 0.1) is 0 Å². The van der Waals surface area contributed by atoms with E-state index in [2.05, 4.69) is 54.0 Å². The molecule has 1 aliphatic heterocycles. The van der Waals surface area contributed by atoms with Crippen LogP contribution >= 0.6 is 11.6 Å². The third-order valence-electron chi connectivity index (χ3n) is 4.68. The molecule has 2 aromatic rings. The molecule has 3 rings (SSSR count). The Balaban J connectivity index is 1.51. The predicted molar refractivity (Wildman–Crippen MR) is 97.9 cm³/mol. The lowest BCUT2D eigenvalue weighted by Crippen LogP contribution is -2.45. The molecule has 0 radical (unpaired) electrons. The highest BCUT2D eigenvalue weighted by Crippen LogP contribution is 2.16. The van der Waals surface area contributed by atoms with Gasteiger partial charge >= 0.3 is 0 Å². The molecule has 3 heteroatoms. The summed E-state index contributed by atoms with van der Waals surface area (Å²) in [6.07, 6.45) is 0. The molecule has 23 heavy (non-hydrogen) atoms. The van der Waals surface area contributed by atoms with Gasteiger partial charge in [-0.25, -0.2) is 0 Å². The number of halogens is 1. The summed E-state index contributed by atoms with van der Waals surface area (Å²) < 4.78 is 0. The van der Waals surface area contributed by atoms with E-state index in [9.17, 15) is 0 Å². The summed E-state index contributed by atoms with van der Waals surface area (Å²) >= 11 is 5.95. The SMILES string of the molecule is Cc1ccc(CN2CCN(Cc3ccc(Cl)cc3)CC2)c(C)c1. The van der Waals surface area contributed by atoms with Crippen molar-refractivity contribution in [2.24, 2.45) is 0 Å². The normalized spacial score (nSPS) is 16.7. The Morgan fingerprint density at radius 2 is 1.43 bits per heavy atom. The third kappa shape index (κ3) is 4.57. The second kappa shape index (κ2) is 7.48. The maximum atomic E-state index is 5.95. The van der Waals surface area contributed by atoms with Crippen LogP contribution in [0.15, 0.2) is 42.5 Å². The van der Waals surface area contributed by atoms with Crippen molar-refractivity contribution in [1.82, 2.24) is 9.80 Å². The standard InChI is InChI=1S/C20H25ClN2/c1-16-3-6-19(17(2)13-16)15-23-11-9-22(10-12-23)14-18-4-7-20(21)8-5-18/h3-8,13H,9-12,14-15H2,1-2H3. The van der Waals surface area contributed by atoms with Crippen LogP contribution in [-0.2, 0) is 13.1 Å². The van der Waals surface area contributed by atoms with Gasteiger partial charge in [0.25, 0.3) is 0 Å². The maximum Gasteiger partial charge on any atom is 0.0406 e. The Hall–Kier alpha value is -1.35. The average Bonchev–Trinajstić information content (AvgIpc) is 2.54. The molecular formula is C20H25ClN2. The first-order valence-electron chi connectivity index (χ1n) is 8.35. The Bertz CT molecular complexity index is 643. The van der Waals surface area contributed by atoms with Crippen molar-refractivity contribution in [3.8, 4) is 0 Å². The van der Waals surface area contributed by atoms with Gasteiger partial charge in [0, 0.05) is 44.3 Å². The topological polar surface area (TPSA) is 6.48 Å². The van der Waals surface area contributed by atoms with Crippen molar-refractivity contribution in [1.29, 1.82) is 0 Å². The number of piperazine rings is 1. The summed E-state index contributed by atoms with van der Waals surface area (Å²) in [6.45, 7) is 11.0. The number of hydrogen-bond donors (Lipinski definition) is 0. The lowest BCUT2D eigenvalue weighted by molar-refractivity contribution is 0.122. The fourth-order valence-electron chi connectivity index (χ4n) is 3.22. The van der Waals surface area contributed by atoms with Gasteiger partial charge in [0.2, 0.25) is 0 Å². The average molecular weight is 329 g/mol. The van der Waals surface area contributed by atoms with Gasteiger partial charge in [0.1, 0.15) is 0 Å². The first-order chi connectivity index (χ1) is 11.1. The van der Waals surface area contributed by atoms with Crippen LogP contribution in [0.4, 0.5) is 0 Å². The molecule has 0 spiro atoms. The molecule has 0 amide bonds. The summed E-state index contributed by atoms with van der Waals surface area (Å²) in [5.41, 5.74) is 5.56. The van der Waals surface area contributed by atoms with E-state index < -0.39 is 0 Å². The van der Waals surface area contributed by atoms with Gasteiger partial charge in [-0.1, -0.05) is 47.5 Å². The molecule has 2 aromatic carbocycles. The molecule has 2 nitrogen and oxygen atoms in total. The fourth-order valence-corrected chi connectivity index (χ4v) is 3.34. The van der Waals surface area contributed by atoms with Crippen LogP contribution in [0.2, 0.25) is 5.02 Å². The molecule has 1 aliphatic rings. The molecule has 0 saturated carbocycles. The van der Waals surface area contributed by atoms with E-state index in [1.54, 1.807) is 0 Å². The highest BCUT2D eigenvalue weighted by molar-refractivity contribution is 6.30. The Morgan fingerprint density at radius 3 is 2.04 bits per heavy atom. The Labute approximate surface area is 144 Å². The molecule has 0 N–H and O–H groups in total. The van der Waals surface area contributed by atoms with Crippen molar-refractivity contribution in [2.45, 2.75) is 26.9 Å². The number of hydrogen-bond acceptors (Lipinski definition) is 2. The van der Waals surface area contributed by atoms with Gasteiger partial charge in [0.15, 0.2) is 0 Å². The van der Waals surface area contributed by atoms with Gasteiger partial charge in [-0.05, 0) is 42.7 Å². The van der Waals surface area contributed by atoms with Crippen LogP contribution in [0.25, 0.3) is 0 Å². The molecule has 1 heterocycles. The van der Waals surface area contributed by atoms with Crippen molar-refractivity contribution < 1.29 is 0 Å². The zero-order valence-corrected chi connectivity index (χ0v) is 14.8. The molecular weight excluding hydrogens is 304 g/mol. The molecule has 0 atom stereocenters. The first-order valence-corrected chi connectivity index (χ1v) is 8.73. The number of aryl methyl sites for hydroxylation is 2. The van der Waals surface area contributed by atoms with Crippen molar-refractivity contribution in [3.05, 3.63) is 69.7 Å². The van der Waals surface area contributed by atoms with Crippen LogP contribution in [0.1, 0.15) is 22.3 Å². The number of benzene rings is 2. The monoisotopic (exact) mass is 328 g/mol. The molecule has 0 bridgehead atoms. The Kier molecular flexibility index (Phi) is 5.37. The summed E-state index contributed by atoms with van der Waals surface area (Å²) in [4.78, 5) is 5.10. The van der Waals surface area contributed by atoms with Gasteiger partial charge in [-0.2, -0.15) is 0 Å². The predicted octanol–water partition coefficient (Wildman–Crippen LogP) is 4.27. The summed E-state index contributed by atoms with van der Waals surface area (Å²) in [7, 11) is 0. The molecule has 0 aromatic heterocycles. The van der Waals surface area contributed by atoms with Crippen molar-refractivity contribution in [2.75, 3.05) is 26.2 Å². The largest absolute Gasteiger partial charge is 0.297 e. The number of nitrogens with zero attached hydrogens (tertiary/aromatic N) is 2. The second-order valence-electron chi connectivity index (χ2n) is 6.61. The van der Waals surface area contributed by atoms with E-state index >= 15 is 0 Å². The molecule has 1 fully saturated rings. The van der Waals surface area contributed by atoms with Gasteiger partial charge in [-0.15, -0.1) is 0 Å². The van der Waals surface area contributed by atoms with Crippen LogP contribution in [0.5, 0.6) is 0 Å². The number of rotatable bonds is 4. The van der Waals surface area contributed by atoms with Crippen molar-refractivity contribution >= 4 is 11.6 Å². The van der Waals surface area contributed by atoms with Crippen LogP contribution in [-0.4, -0.2) is 36.0 Å². The first kappa shape index (κ1) is 16.5. The molecule has 122 valence electrons. The summed E-state index contributed by atoms with van der Waals surface area (Å²) in [5, 5.41) is 0.812. The van der Waals surface area contributed by atoms with Crippen molar-refractivity contribution in [3.63, 3.8) is 0 Å². The fraction of sp³-hybridized carbons (Fsp3) is 0.400. The minimum absolute atomic E-state index is 0.812. The Morgan fingerprint density at radius 1 is 0.826 bits per heavy atom. The minimum atomic E-state index is 0.812. The van der Waals surface area contributed by atoms with E-state index in [0.717, 1.165) is 44.3 Å². The van der Waals surface area contributed by atoms with E-state index in [-0.39, 0.29) is 0 Å². The van der Waals surface area contributed by atoms with Gasteiger partial charge in [-0.3, -0.25) is 9.80 Å². The van der Waals surface area contributed by atoms with Gasteiger partial charge < -0.3 is 0 Å².